The summed E-state index contributed by atoms with van der Waals surface area (Å²) in [5.74, 6) is 1.54. The van der Waals surface area contributed by atoms with Crippen LogP contribution in [0.15, 0.2) is 60.7 Å². The average molecular weight is 747 g/mol. The lowest BCUT2D eigenvalue weighted by Crippen LogP contribution is -2.63. The van der Waals surface area contributed by atoms with Crippen LogP contribution in [0.25, 0.3) is 32.9 Å². The van der Waals surface area contributed by atoms with Crippen LogP contribution in [0.3, 0.4) is 0 Å². The predicted molar refractivity (Wildman–Crippen MR) is 199 cm³/mol. The van der Waals surface area contributed by atoms with Crippen molar-refractivity contribution in [1.29, 1.82) is 0 Å². The fraction of sp³-hybridized carbons (Fsp3) is 0.381. The van der Waals surface area contributed by atoms with Crippen LogP contribution in [0.2, 0.25) is 0 Å². The molecule has 0 N–H and O–H groups in total. The lowest BCUT2D eigenvalue weighted by molar-refractivity contribution is 0.0582. The van der Waals surface area contributed by atoms with Crippen LogP contribution in [-0.4, -0.2) is 93.5 Å². The van der Waals surface area contributed by atoms with Crippen LogP contribution in [0.1, 0.15) is 43.2 Å². The first-order valence-corrected chi connectivity index (χ1v) is 18.8. The van der Waals surface area contributed by atoms with Crippen molar-refractivity contribution in [2.24, 2.45) is 0 Å². The molecule has 0 spiro atoms. The van der Waals surface area contributed by atoms with Gasteiger partial charge in [0.2, 0.25) is 5.88 Å². The summed E-state index contributed by atoms with van der Waals surface area (Å²) in [4.78, 5) is 34.0. The van der Waals surface area contributed by atoms with Crippen LogP contribution in [0, 0.1) is 24.0 Å². The summed E-state index contributed by atoms with van der Waals surface area (Å²) in [6.07, 6.45) is 7.92. The van der Waals surface area contributed by atoms with Gasteiger partial charge in [0.15, 0.2) is 5.82 Å². The predicted octanol–water partition coefficient (Wildman–Crippen LogP) is 6.81. The molecular weight excluding hydrogens is 709 g/mol. The van der Waals surface area contributed by atoms with Crippen molar-refractivity contribution in [3.05, 3.63) is 83.4 Å². The van der Waals surface area contributed by atoms with Crippen molar-refractivity contribution in [2.45, 2.75) is 68.5 Å². The molecule has 5 atom stereocenters. The van der Waals surface area contributed by atoms with Gasteiger partial charge in [-0.3, -0.25) is 9.80 Å². The first-order chi connectivity index (χ1) is 26.8. The van der Waals surface area contributed by atoms with E-state index in [0.717, 1.165) is 31.4 Å². The summed E-state index contributed by atoms with van der Waals surface area (Å²) in [7, 11) is 0. The molecule has 3 aromatic carbocycles. The number of alkyl halides is 1. The number of piperazine rings is 1. The largest absolute Gasteiger partial charge is 0.475 e. The van der Waals surface area contributed by atoms with E-state index in [1.54, 1.807) is 24.3 Å². The number of fused-ring (bicyclic) bond motifs is 7. The fourth-order valence-electron chi connectivity index (χ4n) is 9.72. The van der Waals surface area contributed by atoms with Gasteiger partial charge in [-0.25, -0.2) is 22.9 Å². The second-order valence-electron chi connectivity index (χ2n) is 15.2. The van der Waals surface area contributed by atoms with Gasteiger partial charge in [0, 0.05) is 30.5 Å². The van der Waals surface area contributed by atoms with Gasteiger partial charge in [0.25, 0.3) is 0 Å². The Morgan fingerprint density at radius 1 is 1.00 bits per heavy atom. The quantitative estimate of drug-likeness (QED) is 0.174. The summed E-state index contributed by atoms with van der Waals surface area (Å²) in [6.45, 7) is 1.92. The number of terminal acetylenes is 1. The summed E-state index contributed by atoms with van der Waals surface area (Å²) < 4.78 is 65.7. The van der Waals surface area contributed by atoms with Gasteiger partial charge in [0.1, 0.15) is 54.2 Å². The molecule has 0 radical (unpaired) electrons. The number of carbonyl (C=O) groups is 1. The molecule has 10 rings (SSSR count). The van der Waals surface area contributed by atoms with E-state index in [2.05, 4.69) is 20.7 Å². The molecule has 5 aliphatic rings. The molecular formula is C42H37F3N6O4. The zero-order chi connectivity index (χ0) is 37.4. The first-order valence-electron chi connectivity index (χ1n) is 18.8. The molecule has 5 aromatic rings. The summed E-state index contributed by atoms with van der Waals surface area (Å²) in [6, 6.07) is 16.6. The molecule has 55 heavy (non-hydrogen) atoms. The van der Waals surface area contributed by atoms with Crippen molar-refractivity contribution in [3.63, 3.8) is 0 Å². The fourth-order valence-corrected chi connectivity index (χ4v) is 9.72. The number of rotatable bonds is 6. The second-order valence-corrected chi connectivity index (χ2v) is 15.2. The van der Waals surface area contributed by atoms with E-state index in [9.17, 15) is 9.18 Å². The van der Waals surface area contributed by atoms with Crippen LogP contribution in [0.4, 0.5) is 23.8 Å². The van der Waals surface area contributed by atoms with Gasteiger partial charge in [-0.05, 0) is 49.2 Å². The number of ether oxygens (including phenoxy) is 3. The number of amides is 1. The molecule has 0 aliphatic carbocycles. The van der Waals surface area contributed by atoms with E-state index in [-0.39, 0.29) is 77.6 Å². The van der Waals surface area contributed by atoms with Gasteiger partial charge in [0.05, 0.1) is 29.2 Å². The highest BCUT2D eigenvalue weighted by Crippen LogP contribution is 2.46. The Morgan fingerprint density at radius 2 is 1.87 bits per heavy atom. The minimum atomic E-state index is -0.956. The number of benzene rings is 3. The zero-order valence-electron chi connectivity index (χ0n) is 29.9. The third-order valence-corrected chi connectivity index (χ3v) is 12.2. The van der Waals surface area contributed by atoms with Crippen LogP contribution in [-0.2, 0) is 11.3 Å². The Kier molecular flexibility index (Phi) is 8.02. The summed E-state index contributed by atoms with van der Waals surface area (Å²) >= 11 is 0. The van der Waals surface area contributed by atoms with E-state index < -0.39 is 29.4 Å². The number of hydrogen-bond acceptors (Lipinski definition) is 9. The number of carbonyl (C=O) groups excluding carboxylic acids is 1. The normalized spacial score (nSPS) is 25.3. The molecule has 1 amide bonds. The maximum absolute atomic E-state index is 17.3. The number of nitrogens with zero attached hydrogens (tertiary/aromatic N) is 6. The molecule has 4 saturated heterocycles. The van der Waals surface area contributed by atoms with Crippen molar-refractivity contribution in [1.82, 2.24) is 24.8 Å². The molecule has 2 aromatic heterocycles. The van der Waals surface area contributed by atoms with Crippen molar-refractivity contribution < 1.29 is 32.2 Å². The van der Waals surface area contributed by atoms with E-state index in [1.807, 2.05) is 35.2 Å². The van der Waals surface area contributed by atoms with Gasteiger partial charge in [-0.15, -0.1) is 6.42 Å². The number of anilines is 1. The lowest BCUT2D eigenvalue weighted by Gasteiger charge is -2.45. The Balaban J connectivity index is 1.08. The highest BCUT2D eigenvalue weighted by Gasteiger charge is 2.52. The van der Waals surface area contributed by atoms with Crippen LogP contribution in [0.5, 0.6) is 11.9 Å². The Morgan fingerprint density at radius 3 is 2.73 bits per heavy atom. The third-order valence-electron chi connectivity index (χ3n) is 12.2. The maximum atomic E-state index is 17.3. The highest BCUT2D eigenvalue weighted by molar-refractivity contribution is 6.03. The van der Waals surface area contributed by atoms with Gasteiger partial charge < -0.3 is 19.1 Å². The maximum Gasteiger partial charge on any atom is 0.410 e. The molecule has 3 unspecified atom stereocenters. The smallest absolute Gasteiger partial charge is 0.410 e. The van der Waals surface area contributed by atoms with Gasteiger partial charge in [-0.2, -0.15) is 9.97 Å². The number of hydrogen-bond donors (Lipinski definition) is 0. The number of pyridine rings is 1. The molecule has 4 fully saturated rings. The topological polar surface area (TPSA) is 93.2 Å². The monoisotopic (exact) mass is 746 g/mol. The highest BCUT2D eigenvalue weighted by atomic mass is 19.1. The Labute approximate surface area is 315 Å². The molecule has 0 saturated carbocycles. The molecule has 7 heterocycles. The number of halogens is 3. The lowest BCUT2D eigenvalue weighted by atomic mass is 9.95. The van der Waals surface area contributed by atoms with Crippen LogP contribution >= 0.6 is 0 Å². The molecule has 2 bridgehead atoms. The summed E-state index contributed by atoms with van der Waals surface area (Å²) in [5, 5.41) is 1.22. The van der Waals surface area contributed by atoms with Crippen molar-refractivity contribution in [3.8, 4) is 35.5 Å². The first kappa shape index (κ1) is 33.9. The van der Waals surface area contributed by atoms with E-state index in [1.165, 1.54) is 6.07 Å². The van der Waals surface area contributed by atoms with E-state index in [0.29, 0.717) is 42.5 Å². The summed E-state index contributed by atoms with van der Waals surface area (Å²) in [5.41, 5.74) is 0.468. The second kappa shape index (κ2) is 13.0. The standard InChI is InChI=1S/C42H37F3N6O4/c1-2-28-30(44)14-12-25-10-6-11-29(33(25)28)36-35(45)37-34-38(48-40(47-37)55-23-42-16-7-17-49(42)19-26(43)18-42)50-20-27-13-15-31(32(50)22-53-39(34)46-36)51(27)41(52)54-21-24-8-4-3-5-9-24/h1,3-6,8-12,14,26-27,31-32H,7,13,15-23H2/t26-,27?,31?,32?,42+/m1/s1. The third kappa shape index (κ3) is 5.44. The minimum absolute atomic E-state index is 0.0101. The number of aromatic nitrogens is 3. The molecule has 280 valence electrons. The minimum Gasteiger partial charge on any atom is -0.475 e. The molecule has 5 aliphatic heterocycles. The molecule has 13 heteroatoms. The van der Waals surface area contributed by atoms with Gasteiger partial charge in [-0.1, -0.05) is 60.5 Å². The zero-order valence-corrected chi connectivity index (χ0v) is 29.9. The van der Waals surface area contributed by atoms with Crippen molar-refractivity contribution in [2.75, 3.05) is 37.7 Å². The van der Waals surface area contributed by atoms with Gasteiger partial charge >= 0.3 is 12.1 Å². The average Bonchev–Trinajstić information content (AvgIpc) is 3.80. The Hall–Kier alpha value is -5.61. The SMILES string of the molecule is C#Cc1c(F)ccc2cccc(-c3nc4c5c(nc(OC[C@@]67CCCN6C[C@H](F)C7)nc5c3F)N3CC5CCC(C3CO4)N5C(=O)OCc3ccccc3)c12. The van der Waals surface area contributed by atoms with E-state index in [4.69, 9.17) is 30.6 Å². The molecule has 10 nitrogen and oxygen atoms in total. The van der Waals surface area contributed by atoms with E-state index >= 15 is 8.78 Å². The van der Waals surface area contributed by atoms with Crippen LogP contribution < -0.4 is 14.4 Å². The Bertz CT molecular complexity index is 2410. The van der Waals surface area contributed by atoms with Crippen molar-refractivity contribution >= 4 is 33.6 Å².